The number of methoxy groups -OCH3 is 1. The topological polar surface area (TPSA) is 237 Å². The molecule has 20 nitrogen and oxygen atoms in total. The SMILES string of the molecule is COc1c(Br)cccc1CNC1=NCCN1.Clc1cccc(CNC2=NCCN2)c1Cl.Clc1ccccc1CNC1=NCCN1.FC(F)Oc1ccccc1CNC1=NCCN1.Fc1c(Cl)cccc1CNC1=NCCN1.Fc1cccc(CNC2=NCCN2)c1Cl. The van der Waals surface area contributed by atoms with Gasteiger partial charge in [-0.15, -0.1) is 0 Å². The number of halogens is 10. The maximum absolute atomic E-state index is 13.4. The highest BCUT2D eigenvalue weighted by atomic mass is 79.9. The van der Waals surface area contributed by atoms with E-state index in [0.29, 0.717) is 66.4 Å². The number of ether oxygens (including phenoxy) is 2. The summed E-state index contributed by atoms with van der Waals surface area (Å²) in [5.74, 6) is 5.00. The molecule has 0 radical (unpaired) electrons. The Morgan fingerprint density at radius 1 is 0.413 bits per heavy atom. The summed E-state index contributed by atoms with van der Waals surface area (Å²) in [5, 5.41) is 39.5. The predicted octanol–water partition coefficient (Wildman–Crippen LogP) is 9.33. The molecule has 6 aromatic rings. The van der Waals surface area contributed by atoms with E-state index in [9.17, 15) is 17.6 Å². The second-order valence-electron chi connectivity index (χ2n) is 19.7. The zero-order valence-electron chi connectivity index (χ0n) is 50.1. The highest BCUT2D eigenvalue weighted by Crippen LogP contribution is 2.29. The van der Waals surface area contributed by atoms with Crippen LogP contribution >= 0.6 is 73.9 Å². The molecule has 0 spiro atoms. The third-order valence-electron chi connectivity index (χ3n) is 13.2. The molecule has 30 heteroatoms. The van der Waals surface area contributed by atoms with E-state index in [1.807, 2.05) is 54.6 Å². The van der Waals surface area contributed by atoms with Crippen LogP contribution in [-0.4, -0.2) is 128 Å². The molecular formula is C62H72BrCl5F4N18O2. The molecule has 6 aromatic carbocycles. The van der Waals surface area contributed by atoms with Crippen LogP contribution in [0.2, 0.25) is 25.1 Å². The number of nitrogens with zero attached hydrogens (tertiary/aromatic N) is 6. The number of nitrogens with one attached hydrogen (secondary N) is 12. The smallest absolute Gasteiger partial charge is 0.387 e. The van der Waals surface area contributed by atoms with Gasteiger partial charge in [-0.2, -0.15) is 8.78 Å². The van der Waals surface area contributed by atoms with Crippen LogP contribution in [0.1, 0.15) is 33.4 Å². The van der Waals surface area contributed by atoms with E-state index < -0.39 is 12.4 Å². The lowest BCUT2D eigenvalue weighted by Gasteiger charge is -2.11. The van der Waals surface area contributed by atoms with Gasteiger partial charge in [0.1, 0.15) is 23.1 Å². The van der Waals surface area contributed by atoms with Gasteiger partial charge in [-0.05, 0) is 69.0 Å². The van der Waals surface area contributed by atoms with E-state index in [4.69, 9.17) is 62.7 Å². The Balaban J connectivity index is 0.000000157. The summed E-state index contributed by atoms with van der Waals surface area (Å²) < 4.78 is 61.6. The van der Waals surface area contributed by atoms with Gasteiger partial charge in [-0.3, -0.25) is 30.0 Å². The highest BCUT2D eigenvalue weighted by Gasteiger charge is 2.15. The summed E-state index contributed by atoms with van der Waals surface area (Å²) in [6.45, 7) is 10.5. The number of benzene rings is 6. The third kappa shape index (κ3) is 24.7. The van der Waals surface area contributed by atoms with Gasteiger partial charge < -0.3 is 73.3 Å². The summed E-state index contributed by atoms with van der Waals surface area (Å²) in [6.07, 6.45) is 0. The molecule has 12 N–H and O–H groups in total. The monoisotopic (exact) mass is 1430 g/mol. The fourth-order valence-corrected chi connectivity index (χ4v) is 10.2. The Morgan fingerprint density at radius 3 is 1.22 bits per heavy atom. The number of hydrogen-bond donors (Lipinski definition) is 12. The lowest BCUT2D eigenvalue weighted by atomic mass is 10.2. The molecule has 0 fully saturated rings. The van der Waals surface area contributed by atoms with Crippen LogP contribution in [0.25, 0.3) is 0 Å². The molecule has 6 heterocycles. The lowest BCUT2D eigenvalue weighted by Crippen LogP contribution is -2.33. The quantitative estimate of drug-likeness (QED) is 0.0430. The van der Waals surface area contributed by atoms with Crippen molar-refractivity contribution in [2.75, 3.05) is 85.6 Å². The molecule has 12 rings (SSSR count). The zero-order valence-corrected chi connectivity index (χ0v) is 55.5. The first kappa shape index (κ1) is 71.6. The van der Waals surface area contributed by atoms with Crippen LogP contribution in [0.3, 0.4) is 0 Å². The number of hydrogen-bond acceptors (Lipinski definition) is 20. The molecule has 492 valence electrons. The second kappa shape index (κ2) is 39.6. The maximum atomic E-state index is 13.4. The summed E-state index contributed by atoms with van der Waals surface area (Å²) in [4.78, 5) is 25.2. The van der Waals surface area contributed by atoms with Crippen LogP contribution < -0.4 is 73.3 Å². The Bertz CT molecular complexity index is 3340. The molecule has 6 aliphatic heterocycles. The molecule has 0 bridgehead atoms. The minimum Gasteiger partial charge on any atom is -0.495 e. The van der Waals surface area contributed by atoms with Gasteiger partial charge in [-0.1, -0.05) is 143 Å². The molecule has 0 amide bonds. The van der Waals surface area contributed by atoms with Crippen LogP contribution in [0.15, 0.2) is 156 Å². The molecular weight excluding hydrogens is 1360 g/mol. The fraction of sp³-hybridized carbons (Fsp3) is 0.323. The predicted molar refractivity (Wildman–Crippen MR) is 367 cm³/mol. The highest BCUT2D eigenvalue weighted by molar-refractivity contribution is 9.10. The molecule has 92 heavy (non-hydrogen) atoms. The van der Waals surface area contributed by atoms with Gasteiger partial charge in [0.15, 0.2) is 35.8 Å². The van der Waals surface area contributed by atoms with E-state index in [1.165, 1.54) is 18.2 Å². The summed E-state index contributed by atoms with van der Waals surface area (Å²) >= 11 is 32.9. The van der Waals surface area contributed by atoms with Crippen molar-refractivity contribution >= 4 is 110 Å². The van der Waals surface area contributed by atoms with Crippen LogP contribution in [0, 0.1) is 11.6 Å². The standard InChI is InChI=1S/C11H14BrN3O.C11H13F2N3O.C10H11Cl2N3.2C10H11ClFN3.C10H12ClN3/c1-16-10-8(3-2-4-9(10)12)7-15-11-13-5-6-14-11;12-10(13)17-9-4-2-1-3-8(9)7-16-11-14-5-6-15-11;11-8-3-1-2-7(9(8)12)6-15-10-13-4-5-14-10;11-9-7(2-1-3-8(9)12)6-15-10-13-4-5-14-10;11-8-3-1-2-7(9(8)12)6-15-10-13-4-5-14-10;11-9-4-2-1-3-8(9)7-14-10-12-5-6-13-10/h2-4H,5-7H2,1H3,(H2,13,14,15);1-4,10H,5-7H2,(H2,14,15,16);3*1-3H,4-6H2,(H2,13,14,15);1-4H,5-7H2,(H2,12,13,14). The Morgan fingerprint density at radius 2 is 0.761 bits per heavy atom. The van der Waals surface area contributed by atoms with Gasteiger partial charge in [0.25, 0.3) is 0 Å². The van der Waals surface area contributed by atoms with E-state index in [2.05, 4.69) is 114 Å². The first-order valence-electron chi connectivity index (χ1n) is 29.2. The number of guanidine groups is 6. The molecule has 0 saturated carbocycles. The zero-order chi connectivity index (χ0) is 65.3. The van der Waals surface area contributed by atoms with Gasteiger partial charge in [0.05, 0.1) is 70.9 Å². The summed E-state index contributed by atoms with van der Waals surface area (Å²) in [5.41, 5.74) is 5.11. The van der Waals surface area contributed by atoms with Crippen molar-refractivity contribution in [2.24, 2.45) is 30.0 Å². The molecule has 0 aliphatic carbocycles. The molecule has 0 unspecified atom stereocenters. The summed E-state index contributed by atoms with van der Waals surface area (Å²) in [6, 6.07) is 35.8. The molecule has 6 aliphatic rings. The van der Waals surface area contributed by atoms with E-state index in [0.717, 1.165) is 146 Å². The average molecular weight is 1430 g/mol. The Kier molecular flexibility index (Phi) is 30.8. The largest absolute Gasteiger partial charge is 0.495 e. The van der Waals surface area contributed by atoms with Crippen LogP contribution in [0.5, 0.6) is 11.5 Å². The van der Waals surface area contributed by atoms with Crippen molar-refractivity contribution in [3.05, 3.63) is 196 Å². The van der Waals surface area contributed by atoms with Crippen molar-refractivity contribution in [3.63, 3.8) is 0 Å². The minimum absolute atomic E-state index is 0.149. The molecule has 0 atom stereocenters. The average Bonchev–Trinajstić information content (AvgIpc) is 1.99. The van der Waals surface area contributed by atoms with E-state index in [-0.39, 0.29) is 21.6 Å². The first-order chi connectivity index (χ1) is 44.7. The van der Waals surface area contributed by atoms with E-state index >= 15 is 0 Å². The van der Waals surface area contributed by atoms with Gasteiger partial charge >= 0.3 is 6.61 Å². The van der Waals surface area contributed by atoms with E-state index in [1.54, 1.807) is 55.6 Å². The van der Waals surface area contributed by atoms with Crippen molar-refractivity contribution < 1.29 is 27.0 Å². The van der Waals surface area contributed by atoms with Crippen molar-refractivity contribution in [1.82, 2.24) is 63.8 Å². The second-order valence-corrected chi connectivity index (χ2v) is 22.5. The first-order valence-corrected chi connectivity index (χ1v) is 31.9. The van der Waals surface area contributed by atoms with Gasteiger partial charge in [-0.25, -0.2) is 8.78 Å². The number of para-hydroxylation sites is 2. The van der Waals surface area contributed by atoms with Crippen molar-refractivity contribution in [2.45, 2.75) is 45.9 Å². The minimum atomic E-state index is -2.81. The Labute approximate surface area is 565 Å². The maximum Gasteiger partial charge on any atom is 0.387 e. The van der Waals surface area contributed by atoms with Crippen LogP contribution in [-0.2, 0) is 39.3 Å². The van der Waals surface area contributed by atoms with Crippen LogP contribution in [0.4, 0.5) is 17.6 Å². The number of rotatable bonds is 15. The fourth-order valence-electron chi connectivity index (χ4n) is 8.65. The molecule has 0 saturated heterocycles. The summed E-state index contributed by atoms with van der Waals surface area (Å²) in [7, 11) is 1.68. The number of aliphatic imine (C=N–C) groups is 6. The van der Waals surface area contributed by atoms with Gasteiger partial charge in [0.2, 0.25) is 0 Å². The van der Waals surface area contributed by atoms with Crippen molar-refractivity contribution in [3.8, 4) is 11.5 Å². The van der Waals surface area contributed by atoms with Gasteiger partial charge in [0, 0.05) is 100 Å². The normalized spacial score (nSPS) is 14.6. The van der Waals surface area contributed by atoms with Crippen molar-refractivity contribution in [1.29, 1.82) is 0 Å². The number of alkyl halides is 2. The Hall–Kier alpha value is -7.81. The molecule has 0 aromatic heterocycles. The third-order valence-corrected chi connectivity index (χ3v) is 15.8. The lowest BCUT2D eigenvalue weighted by molar-refractivity contribution is -0.0504.